The van der Waals surface area contributed by atoms with Crippen molar-refractivity contribution in [1.82, 2.24) is 20.1 Å². The third-order valence-electron chi connectivity index (χ3n) is 2.79. The lowest BCUT2D eigenvalue weighted by Gasteiger charge is -2.10. The molecule has 1 N–H and O–H groups in total. The van der Waals surface area contributed by atoms with Gasteiger partial charge in [0.1, 0.15) is 6.33 Å². The van der Waals surface area contributed by atoms with Gasteiger partial charge in [-0.3, -0.25) is 4.68 Å². The van der Waals surface area contributed by atoms with Crippen LogP contribution in [0, 0.1) is 5.92 Å². The van der Waals surface area contributed by atoms with E-state index in [4.69, 9.17) is 0 Å². The molecule has 1 heterocycles. The molecule has 0 spiro atoms. The van der Waals surface area contributed by atoms with E-state index in [-0.39, 0.29) is 0 Å². The molecule has 1 atom stereocenters. The van der Waals surface area contributed by atoms with Crippen LogP contribution in [0.2, 0.25) is 0 Å². The summed E-state index contributed by atoms with van der Waals surface area (Å²) in [6.45, 7) is 3.26. The van der Waals surface area contributed by atoms with E-state index in [2.05, 4.69) is 22.3 Å². The molecule has 1 aliphatic carbocycles. The summed E-state index contributed by atoms with van der Waals surface area (Å²) in [5.41, 5.74) is 0. The molecule has 1 saturated carbocycles. The van der Waals surface area contributed by atoms with Crippen molar-refractivity contribution in [2.24, 2.45) is 13.0 Å². The number of hydrogen-bond acceptors (Lipinski definition) is 3. The average molecular weight is 194 g/mol. The predicted molar refractivity (Wildman–Crippen MR) is 54.9 cm³/mol. The van der Waals surface area contributed by atoms with E-state index < -0.39 is 0 Å². The third-order valence-corrected chi connectivity index (χ3v) is 2.79. The minimum atomic E-state index is 0.665. The third kappa shape index (κ3) is 2.54. The Labute approximate surface area is 84.7 Å². The number of aryl methyl sites for hydroxylation is 1. The Balaban J connectivity index is 1.67. The fraction of sp³-hybridized carbons (Fsp3) is 0.800. The highest BCUT2D eigenvalue weighted by atomic mass is 15.3. The monoisotopic (exact) mass is 194 g/mol. The molecule has 0 saturated heterocycles. The van der Waals surface area contributed by atoms with Crippen molar-refractivity contribution in [3.63, 3.8) is 0 Å². The smallest absolute Gasteiger partial charge is 0.151 e. The van der Waals surface area contributed by atoms with Crippen molar-refractivity contribution in [3.8, 4) is 0 Å². The van der Waals surface area contributed by atoms with E-state index in [0.717, 1.165) is 24.7 Å². The van der Waals surface area contributed by atoms with Gasteiger partial charge in [-0.15, -0.1) is 0 Å². The first-order valence-corrected chi connectivity index (χ1v) is 5.33. The number of nitrogens with one attached hydrogen (secondary N) is 1. The molecule has 14 heavy (non-hydrogen) atoms. The van der Waals surface area contributed by atoms with E-state index in [0.29, 0.717) is 6.04 Å². The second-order valence-corrected chi connectivity index (χ2v) is 4.16. The Morgan fingerprint density at radius 1 is 1.64 bits per heavy atom. The van der Waals surface area contributed by atoms with Crippen LogP contribution in [-0.4, -0.2) is 27.4 Å². The van der Waals surface area contributed by atoms with Crippen molar-refractivity contribution in [3.05, 3.63) is 12.2 Å². The fourth-order valence-electron chi connectivity index (χ4n) is 1.67. The molecule has 1 aromatic rings. The maximum absolute atomic E-state index is 4.23. The first-order valence-electron chi connectivity index (χ1n) is 5.33. The highest BCUT2D eigenvalue weighted by molar-refractivity contribution is 4.86. The van der Waals surface area contributed by atoms with Gasteiger partial charge in [-0.25, -0.2) is 4.98 Å². The van der Waals surface area contributed by atoms with Gasteiger partial charge in [-0.2, -0.15) is 5.10 Å². The Morgan fingerprint density at radius 3 is 3.00 bits per heavy atom. The molecule has 0 aromatic carbocycles. The molecule has 0 amide bonds. The van der Waals surface area contributed by atoms with E-state index in [9.17, 15) is 0 Å². The zero-order chi connectivity index (χ0) is 9.97. The zero-order valence-corrected chi connectivity index (χ0v) is 8.90. The summed E-state index contributed by atoms with van der Waals surface area (Å²) in [6, 6.07) is 0.665. The second-order valence-electron chi connectivity index (χ2n) is 4.16. The Kier molecular flexibility index (Phi) is 2.82. The Morgan fingerprint density at radius 2 is 2.43 bits per heavy atom. The maximum atomic E-state index is 4.23. The van der Waals surface area contributed by atoms with Gasteiger partial charge in [0.2, 0.25) is 0 Å². The normalized spacial score (nSPS) is 18.4. The van der Waals surface area contributed by atoms with Crippen LogP contribution in [0.4, 0.5) is 0 Å². The SMILES string of the molecule is CC(NCCc1ncn(C)n1)C1CC1. The van der Waals surface area contributed by atoms with Crippen LogP contribution >= 0.6 is 0 Å². The van der Waals surface area contributed by atoms with Crippen LogP contribution in [-0.2, 0) is 13.5 Å². The molecule has 4 nitrogen and oxygen atoms in total. The van der Waals surface area contributed by atoms with Gasteiger partial charge in [-0.1, -0.05) is 0 Å². The first-order chi connectivity index (χ1) is 6.75. The molecular formula is C10H18N4. The lowest BCUT2D eigenvalue weighted by atomic mass is 10.2. The summed E-state index contributed by atoms with van der Waals surface area (Å²) in [5, 5.41) is 7.75. The van der Waals surface area contributed by atoms with Crippen LogP contribution in [0.5, 0.6) is 0 Å². The number of hydrogen-bond donors (Lipinski definition) is 1. The van der Waals surface area contributed by atoms with Gasteiger partial charge in [-0.05, 0) is 25.7 Å². The summed E-state index contributed by atoms with van der Waals surface area (Å²) >= 11 is 0. The van der Waals surface area contributed by atoms with Gasteiger partial charge < -0.3 is 5.32 Å². The second kappa shape index (κ2) is 4.09. The molecular weight excluding hydrogens is 176 g/mol. The fourth-order valence-corrected chi connectivity index (χ4v) is 1.67. The summed E-state index contributed by atoms with van der Waals surface area (Å²) < 4.78 is 1.75. The highest BCUT2D eigenvalue weighted by Gasteiger charge is 2.27. The quantitative estimate of drug-likeness (QED) is 0.752. The van der Waals surface area contributed by atoms with E-state index in [1.54, 1.807) is 11.0 Å². The molecule has 1 fully saturated rings. The minimum Gasteiger partial charge on any atom is -0.314 e. The molecule has 1 aliphatic rings. The number of rotatable bonds is 5. The predicted octanol–water partition coefficient (Wildman–Crippen LogP) is 0.746. The Hall–Kier alpha value is -0.900. The number of aromatic nitrogens is 3. The van der Waals surface area contributed by atoms with Crippen molar-refractivity contribution in [2.75, 3.05) is 6.54 Å². The van der Waals surface area contributed by atoms with Crippen molar-refractivity contribution >= 4 is 0 Å². The van der Waals surface area contributed by atoms with Crippen LogP contribution in [0.1, 0.15) is 25.6 Å². The van der Waals surface area contributed by atoms with E-state index in [1.807, 2.05) is 7.05 Å². The molecule has 0 bridgehead atoms. The molecule has 2 rings (SSSR count). The van der Waals surface area contributed by atoms with Crippen LogP contribution in [0.15, 0.2) is 6.33 Å². The van der Waals surface area contributed by atoms with Gasteiger partial charge >= 0.3 is 0 Å². The van der Waals surface area contributed by atoms with Gasteiger partial charge in [0.05, 0.1) is 0 Å². The Bertz CT molecular complexity index is 290. The maximum Gasteiger partial charge on any atom is 0.151 e. The molecule has 0 radical (unpaired) electrons. The molecule has 4 heteroatoms. The van der Waals surface area contributed by atoms with Gasteiger partial charge in [0.15, 0.2) is 5.82 Å². The largest absolute Gasteiger partial charge is 0.314 e. The summed E-state index contributed by atoms with van der Waals surface area (Å²) in [5.74, 6) is 1.86. The van der Waals surface area contributed by atoms with Gasteiger partial charge in [0.25, 0.3) is 0 Å². The minimum absolute atomic E-state index is 0.665. The average Bonchev–Trinajstić information content (AvgIpc) is 2.92. The molecule has 1 unspecified atom stereocenters. The lowest BCUT2D eigenvalue weighted by molar-refractivity contribution is 0.496. The van der Waals surface area contributed by atoms with E-state index in [1.165, 1.54) is 12.8 Å². The zero-order valence-electron chi connectivity index (χ0n) is 8.90. The molecule has 1 aromatic heterocycles. The summed E-state index contributed by atoms with van der Waals surface area (Å²) in [7, 11) is 1.90. The first kappa shape index (κ1) is 9.65. The number of nitrogens with zero attached hydrogens (tertiary/aromatic N) is 3. The molecule has 0 aliphatic heterocycles. The van der Waals surface area contributed by atoms with Crippen molar-refractivity contribution in [2.45, 2.75) is 32.2 Å². The van der Waals surface area contributed by atoms with E-state index >= 15 is 0 Å². The lowest BCUT2D eigenvalue weighted by Crippen LogP contribution is -2.29. The van der Waals surface area contributed by atoms with Gasteiger partial charge in [0, 0.05) is 26.1 Å². The highest BCUT2D eigenvalue weighted by Crippen LogP contribution is 2.32. The molecule has 78 valence electrons. The summed E-state index contributed by atoms with van der Waals surface area (Å²) in [4.78, 5) is 4.18. The van der Waals surface area contributed by atoms with Crippen molar-refractivity contribution < 1.29 is 0 Å². The van der Waals surface area contributed by atoms with Crippen LogP contribution in [0.3, 0.4) is 0 Å². The van der Waals surface area contributed by atoms with Crippen LogP contribution < -0.4 is 5.32 Å². The summed E-state index contributed by atoms with van der Waals surface area (Å²) in [6.07, 6.45) is 5.48. The topological polar surface area (TPSA) is 42.7 Å². The van der Waals surface area contributed by atoms with Crippen LogP contribution in [0.25, 0.3) is 0 Å². The van der Waals surface area contributed by atoms with Crippen molar-refractivity contribution in [1.29, 1.82) is 0 Å². The standard InChI is InChI=1S/C10H18N4/c1-8(9-3-4-9)11-6-5-10-12-7-14(2)13-10/h7-9,11H,3-6H2,1-2H3.